The van der Waals surface area contributed by atoms with Crippen molar-refractivity contribution < 1.29 is 29.4 Å². The number of methoxy groups -OCH3 is 1. The van der Waals surface area contributed by atoms with Gasteiger partial charge in [-0.2, -0.15) is 10.2 Å². The Bertz CT molecular complexity index is 986. The maximum atomic E-state index is 9.55. The summed E-state index contributed by atoms with van der Waals surface area (Å²) in [4.78, 5) is 8.36. The molecule has 0 atom stereocenters. The summed E-state index contributed by atoms with van der Waals surface area (Å²) in [6.45, 7) is 1.06. The van der Waals surface area contributed by atoms with Crippen LogP contribution in [0, 0.1) is 0 Å². The van der Waals surface area contributed by atoms with Gasteiger partial charge in [-0.3, -0.25) is 4.79 Å². The highest BCUT2D eigenvalue weighted by Gasteiger charge is 2.16. The zero-order valence-corrected chi connectivity index (χ0v) is 17.3. The first-order valence-corrected chi connectivity index (χ1v) is 9.72. The summed E-state index contributed by atoms with van der Waals surface area (Å²) in [5.41, 5.74) is 9.16. The molecule has 3 aromatic rings. The molecule has 0 unspecified atom stereocenters. The number of rotatable bonds is 9. The zero-order valence-electron chi connectivity index (χ0n) is 17.3. The molecule has 0 saturated carbocycles. The van der Waals surface area contributed by atoms with Gasteiger partial charge in [0, 0.05) is 24.7 Å². The summed E-state index contributed by atoms with van der Waals surface area (Å²) in [6, 6.07) is 10.8. The summed E-state index contributed by atoms with van der Waals surface area (Å²) >= 11 is 0. The maximum Gasteiger partial charge on any atom is 0.488 e. The Hall–Kier alpha value is -3.21. The van der Waals surface area contributed by atoms with Gasteiger partial charge in [-0.05, 0) is 48.5 Å². The van der Waals surface area contributed by atoms with Gasteiger partial charge in [0.2, 0.25) is 0 Å². The predicted octanol–water partition coefficient (Wildman–Crippen LogP) is 1.46. The molecule has 0 spiro atoms. The van der Waals surface area contributed by atoms with E-state index < -0.39 is 7.12 Å². The molecule has 3 rings (SSSR count). The Morgan fingerprint density at radius 1 is 1.10 bits per heavy atom. The average Bonchev–Trinajstić information content (AvgIpc) is 2.76. The van der Waals surface area contributed by atoms with Crippen LogP contribution in [0.5, 0.6) is 5.75 Å². The smallest absolute Gasteiger partial charge is 0.488 e. The van der Waals surface area contributed by atoms with Crippen LogP contribution in [-0.2, 0) is 9.53 Å². The maximum absolute atomic E-state index is 9.55. The first kappa shape index (κ1) is 24.1. The molecule has 0 radical (unpaired) electrons. The fourth-order valence-electron chi connectivity index (χ4n) is 3.02. The fraction of sp³-hybridized carbons (Fsp3) is 0.286. The van der Waals surface area contributed by atoms with Gasteiger partial charge in [-0.15, -0.1) is 0 Å². The highest BCUT2D eigenvalue weighted by Crippen LogP contribution is 2.32. The van der Waals surface area contributed by atoms with Crippen LogP contribution in [-0.4, -0.2) is 59.3 Å². The van der Waals surface area contributed by atoms with Crippen molar-refractivity contribution in [1.82, 2.24) is 10.2 Å². The molecule has 0 saturated heterocycles. The summed E-state index contributed by atoms with van der Waals surface area (Å²) in [5.74, 6) is 0.673. The second-order valence-electron chi connectivity index (χ2n) is 6.67. The van der Waals surface area contributed by atoms with Gasteiger partial charge in [0.25, 0.3) is 6.47 Å². The van der Waals surface area contributed by atoms with Crippen LogP contribution in [0.2, 0.25) is 0 Å². The molecule has 0 amide bonds. The number of carboxylic acid groups (broad SMARTS) is 1. The third-order valence-corrected chi connectivity index (χ3v) is 4.53. The molecule has 0 bridgehead atoms. The average molecular weight is 427 g/mol. The number of hydrogen-bond acceptors (Lipinski definition) is 8. The van der Waals surface area contributed by atoms with Gasteiger partial charge in [0.05, 0.1) is 24.0 Å². The molecular formula is C21H26BN3O6. The Labute approximate surface area is 180 Å². The van der Waals surface area contributed by atoms with E-state index in [2.05, 4.69) is 10.2 Å². The lowest BCUT2D eigenvalue weighted by atomic mass is 9.79. The highest BCUT2D eigenvalue weighted by molar-refractivity contribution is 6.58. The van der Waals surface area contributed by atoms with Crippen LogP contribution in [0.3, 0.4) is 0 Å². The number of carbonyl (C=O) groups is 1. The minimum absolute atomic E-state index is 0.250. The molecule has 10 heteroatoms. The minimum Gasteiger partial charge on any atom is -0.493 e. The molecule has 164 valence electrons. The van der Waals surface area contributed by atoms with Crippen LogP contribution >= 0.6 is 0 Å². The number of unbranched alkanes of at least 4 members (excludes halogenated alkanes) is 2. The molecule has 0 aliphatic rings. The molecule has 0 aliphatic heterocycles. The van der Waals surface area contributed by atoms with Crippen LogP contribution < -0.4 is 15.9 Å². The standard InChI is InChI=1S/C20H24BN3O4.CH2O2/c1-27-9-3-2-4-10-28-20-8-6-15(21(25)26)12-17(20)14-5-7-16-18(22)13-23-24-19(16)11-14;2-1-3/h5-8,11-13,25-26H,2-4,9-10H2,1H3,(H2,22,24);1H,(H,2,3). The highest BCUT2D eigenvalue weighted by atomic mass is 16.5. The van der Waals surface area contributed by atoms with E-state index in [-0.39, 0.29) is 6.47 Å². The third kappa shape index (κ3) is 6.92. The lowest BCUT2D eigenvalue weighted by molar-refractivity contribution is -0.122. The van der Waals surface area contributed by atoms with Crippen LogP contribution in [0.15, 0.2) is 42.6 Å². The van der Waals surface area contributed by atoms with E-state index in [0.29, 0.717) is 29.0 Å². The number of anilines is 1. The van der Waals surface area contributed by atoms with Crippen molar-refractivity contribution >= 4 is 35.6 Å². The Morgan fingerprint density at radius 2 is 1.84 bits per heavy atom. The summed E-state index contributed by atoms with van der Waals surface area (Å²) < 4.78 is 11.0. The van der Waals surface area contributed by atoms with Gasteiger partial charge >= 0.3 is 7.12 Å². The number of benzene rings is 2. The normalized spacial score (nSPS) is 10.3. The first-order valence-electron chi connectivity index (χ1n) is 9.72. The summed E-state index contributed by atoms with van der Waals surface area (Å²) in [5, 5.41) is 34.9. The minimum atomic E-state index is -1.56. The van der Waals surface area contributed by atoms with E-state index in [1.54, 1.807) is 25.3 Å². The Kier molecular flexibility index (Phi) is 9.69. The first-order chi connectivity index (χ1) is 15.0. The van der Waals surface area contributed by atoms with E-state index in [4.69, 9.17) is 25.1 Å². The molecule has 0 fully saturated rings. The molecule has 2 aromatic carbocycles. The second kappa shape index (κ2) is 12.5. The molecule has 1 heterocycles. The molecule has 9 nitrogen and oxygen atoms in total. The number of hydrogen-bond donors (Lipinski definition) is 4. The number of nitrogen functional groups attached to an aromatic ring is 1. The van der Waals surface area contributed by atoms with Crippen molar-refractivity contribution in [2.24, 2.45) is 0 Å². The van der Waals surface area contributed by atoms with Gasteiger partial charge < -0.3 is 30.4 Å². The van der Waals surface area contributed by atoms with E-state index >= 15 is 0 Å². The molecule has 0 aliphatic carbocycles. The molecule has 1 aromatic heterocycles. The summed E-state index contributed by atoms with van der Waals surface area (Å²) in [7, 11) is 0.138. The second-order valence-corrected chi connectivity index (χ2v) is 6.67. The van der Waals surface area contributed by atoms with Crippen molar-refractivity contribution in [2.75, 3.05) is 26.1 Å². The number of fused-ring (bicyclic) bond motifs is 1. The van der Waals surface area contributed by atoms with Crippen molar-refractivity contribution in [2.45, 2.75) is 19.3 Å². The Balaban J connectivity index is 0.00000107. The van der Waals surface area contributed by atoms with Gasteiger partial charge in [-0.25, -0.2) is 0 Å². The predicted molar refractivity (Wildman–Crippen MR) is 119 cm³/mol. The number of aromatic nitrogens is 2. The topological polar surface area (TPSA) is 148 Å². The fourth-order valence-corrected chi connectivity index (χ4v) is 3.02. The van der Waals surface area contributed by atoms with Crippen molar-refractivity contribution in [3.8, 4) is 16.9 Å². The van der Waals surface area contributed by atoms with E-state index in [1.807, 2.05) is 18.2 Å². The van der Waals surface area contributed by atoms with Crippen LogP contribution in [0.25, 0.3) is 22.0 Å². The lowest BCUT2D eigenvalue weighted by Crippen LogP contribution is -2.29. The lowest BCUT2D eigenvalue weighted by Gasteiger charge is -2.14. The monoisotopic (exact) mass is 427 g/mol. The number of nitrogens with two attached hydrogens (primary N) is 1. The van der Waals surface area contributed by atoms with E-state index in [1.165, 1.54) is 6.20 Å². The number of ether oxygens (including phenoxy) is 2. The van der Waals surface area contributed by atoms with Crippen molar-refractivity contribution in [3.63, 3.8) is 0 Å². The number of nitrogens with zero attached hydrogens (tertiary/aromatic N) is 2. The van der Waals surface area contributed by atoms with Crippen molar-refractivity contribution in [1.29, 1.82) is 0 Å². The van der Waals surface area contributed by atoms with Gasteiger partial charge in [0.15, 0.2) is 0 Å². The van der Waals surface area contributed by atoms with E-state index in [9.17, 15) is 10.0 Å². The molecule has 31 heavy (non-hydrogen) atoms. The van der Waals surface area contributed by atoms with Gasteiger partial charge in [0.1, 0.15) is 5.75 Å². The molecular weight excluding hydrogens is 401 g/mol. The summed E-state index contributed by atoms with van der Waals surface area (Å²) in [6.07, 6.45) is 4.43. The van der Waals surface area contributed by atoms with Gasteiger partial charge in [-0.1, -0.05) is 18.2 Å². The molecule has 5 N–H and O–H groups in total. The van der Waals surface area contributed by atoms with E-state index in [0.717, 1.165) is 42.4 Å². The third-order valence-electron chi connectivity index (χ3n) is 4.53. The van der Waals surface area contributed by atoms with Crippen LogP contribution in [0.1, 0.15) is 19.3 Å². The SMILES string of the molecule is COCCCCCOc1ccc(B(O)O)cc1-c1ccc2c(N)cnnc2c1.O=CO. The van der Waals surface area contributed by atoms with Crippen molar-refractivity contribution in [3.05, 3.63) is 42.6 Å². The largest absolute Gasteiger partial charge is 0.493 e. The quantitative estimate of drug-likeness (QED) is 0.226. The zero-order chi connectivity index (χ0) is 22.6. The Morgan fingerprint density at radius 3 is 2.55 bits per heavy atom. The van der Waals surface area contributed by atoms with Crippen LogP contribution in [0.4, 0.5) is 5.69 Å².